The van der Waals surface area contributed by atoms with E-state index in [0.29, 0.717) is 25.7 Å². The zero-order chi connectivity index (χ0) is 69.5. The topological polar surface area (TPSA) is 231 Å². The van der Waals surface area contributed by atoms with Gasteiger partial charge in [-0.3, -0.25) is 32.5 Å². The van der Waals surface area contributed by atoms with Crippen LogP contribution in [0.1, 0.15) is 226 Å². The van der Waals surface area contributed by atoms with Gasteiger partial charge in [0.25, 0.3) is 0 Å². The van der Waals surface area contributed by atoms with Crippen molar-refractivity contribution >= 4 is 33.6 Å². The first-order chi connectivity index (χ1) is 46.2. The Morgan fingerprint density at radius 1 is 0.305 bits per heavy atom. The van der Waals surface area contributed by atoms with Crippen molar-refractivity contribution in [1.82, 2.24) is 0 Å². The number of ether oxygens (including phenoxy) is 3. The van der Waals surface area contributed by atoms with Gasteiger partial charge in [-0.1, -0.05) is 235 Å². The number of aliphatic hydroxyl groups excluding tert-OH is 2. The van der Waals surface area contributed by atoms with Crippen LogP contribution in [0.15, 0.2) is 182 Å². The second kappa shape index (κ2) is 68.6. The van der Waals surface area contributed by atoms with E-state index in [9.17, 15) is 43.5 Å². The molecular formula is C77H122O16P2. The lowest BCUT2D eigenvalue weighted by molar-refractivity contribution is -0.161. The molecule has 0 saturated heterocycles. The van der Waals surface area contributed by atoms with Gasteiger partial charge in [0, 0.05) is 19.3 Å². The van der Waals surface area contributed by atoms with Crippen LogP contribution in [0.25, 0.3) is 0 Å². The molecule has 5 atom stereocenters. The molecule has 0 bridgehead atoms. The molecule has 0 rings (SSSR count). The Bertz CT molecular complexity index is 2460. The van der Waals surface area contributed by atoms with Gasteiger partial charge in [-0.25, -0.2) is 9.13 Å². The van der Waals surface area contributed by atoms with Crippen LogP contribution >= 0.6 is 15.6 Å². The first-order valence-electron chi connectivity index (χ1n) is 35.1. The Morgan fingerprint density at radius 3 is 0.937 bits per heavy atom. The van der Waals surface area contributed by atoms with Crippen molar-refractivity contribution in [3.63, 3.8) is 0 Å². The molecule has 4 N–H and O–H groups in total. The highest BCUT2D eigenvalue weighted by atomic mass is 31.2. The number of esters is 3. The van der Waals surface area contributed by atoms with Crippen LogP contribution in [0.2, 0.25) is 0 Å². The van der Waals surface area contributed by atoms with Crippen molar-refractivity contribution < 1.29 is 75.8 Å². The summed E-state index contributed by atoms with van der Waals surface area (Å²) in [5.74, 6) is -1.73. The van der Waals surface area contributed by atoms with Crippen LogP contribution in [0.3, 0.4) is 0 Å². The molecule has 0 aliphatic carbocycles. The Balaban J connectivity index is 4.83. The fraction of sp³-hybridized carbons (Fsp3) is 0.571. The molecule has 16 nitrogen and oxygen atoms in total. The van der Waals surface area contributed by atoms with E-state index in [1.165, 1.54) is 19.3 Å². The molecule has 5 unspecified atom stereocenters. The molecule has 18 heteroatoms. The average molecular weight is 1370 g/mol. The van der Waals surface area contributed by atoms with Crippen LogP contribution in [0.5, 0.6) is 0 Å². The number of allylic oxidation sites excluding steroid dienone is 30. The fourth-order valence-corrected chi connectivity index (χ4v) is 9.88. The maximum absolute atomic E-state index is 12.9. The maximum Gasteiger partial charge on any atom is 0.472 e. The molecule has 0 spiro atoms. The van der Waals surface area contributed by atoms with Crippen molar-refractivity contribution in [3.8, 4) is 0 Å². The average Bonchev–Trinajstić information content (AvgIpc) is 1.99. The molecule has 0 amide bonds. The largest absolute Gasteiger partial charge is 0.472 e. The minimum absolute atomic E-state index is 0.0127. The van der Waals surface area contributed by atoms with Gasteiger partial charge >= 0.3 is 33.6 Å². The van der Waals surface area contributed by atoms with Gasteiger partial charge in [0.1, 0.15) is 25.4 Å². The Hall–Kier alpha value is -5.35. The summed E-state index contributed by atoms with van der Waals surface area (Å²) in [5, 5.41) is 20.6. The normalized spacial score (nSPS) is 15.2. The summed E-state index contributed by atoms with van der Waals surface area (Å²) in [5.41, 5.74) is 0. The number of unbranched alkanes of at least 4 members (excludes halogenated alkanes) is 11. The van der Waals surface area contributed by atoms with E-state index in [-0.39, 0.29) is 19.3 Å². The van der Waals surface area contributed by atoms with E-state index in [4.69, 9.17) is 32.3 Å². The maximum atomic E-state index is 12.9. The highest BCUT2D eigenvalue weighted by Gasteiger charge is 2.29. The first kappa shape index (κ1) is 89.6. The summed E-state index contributed by atoms with van der Waals surface area (Å²) in [4.78, 5) is 58.4. The molecule has 0 aromatic heterocycles. The number of phosphoric acid groups is 2. The molecule has 0 aromatic carbocycles. The predicted molar refractivity (Wildman–Crippen MR) is 389 cm³/mol. The van der Waals surface area contributed by atoms with E-state index in [2.05, 4.69) is 191 Å². The summed E-state index contributed by atoms with van der Waals surface area (Å²) in [6, 6.07) is 0. The standard InChI is InChI=1S/C77H122O16P2/c1-4-7-10-13-16-19-22-25-28-31-33-35-37-40-42-45-48-51-54-57-60-63-75(80)87-66-72(78)67-89-94(83,84)90-68-73(79)69-91-95(85,86)92-71-74(93-77(82)65-62-59-56-53-50-47-44-39-30-27-24-21-18-15-12-9-6-3)70-88-76(81)64-61-58-55-52-49-46-43-41-38-36-34-32-29-26-23-20-17-14-11-8-5-2/h7,9-10,12,16-21,25-30,33-36,40-44,47-48,51,53,56,72-74,78-79H,4-6,8,11,13-15,22-24,31-32,37-39,45-46,49-50,52,54-55,57-71H2,1-3H3,(H,83,84)(H,85,86)/b10-7-,12-9-,19-16-,20-17-,21-18-,28-25-,29-26-,30-27-,35-33-,36-34-,42-40-,43-41-,47-44-,51-48-,56-53-. The molecule has 536 valence electrons. The Morgan fingerprint density at radius 2 is 0.568 bits per heavy atom. The number of hydrogen-bond acceptors (Lipinski definition) is 14. The molecule has 0 heterocycles. The van der Waals surface area contributed by atoms with E-state index in [1.807, 2.05) is 12.2 Å². The fourth-order valence-electron chi connectivity index (χ4n) is 8.30. The number of phosphoric ester groups is 2. The highest BCUT2D eigenvalue weighted by Crippen LogP contribution is 2.45. The number of carbonyl (C=O) groups is 3. The lowest BCUT2D eigenvalue weighted by Crippen LogP contribution is -2.30. The number of hydrogen-bond donors (Lipinski definition) is 4. The van der Waals surface area contributed by atoms with E-state index < -0.39 is 91.5 Å². The second-order valence-corrected chi connectivity index (χ2v) is 25.5. The molecule has 0 aromatic rings. The molecule has 0 aliphatic rings. The number of aliphatic hydroxyl groups is 2. The minimum Gasteiger partial charge on any atom is -0.463 e. The third-order valence-electron chi connectivity index (χ3n) is 13.6. The zero-order valence-corrected chi connectivity index (χ0v) is 59.8. The summed E-state index contributed by atoms with van der Waals surface area (Å²) in [6.45, 7) is 2.23. The zero-order valence-electron chi connectivity index (χ0n) is 58.0. The van der Waals surface area contributed by atoms with Gasteiger partial charge < -0.3 is 34.2 Å². The smallest absolute Gasteiger partial charge is 0.463 e. The van der Waals surface area contributed by atoms with E-state index in [1.54, 1.807) is 0 Å². The van der Waals surface area contributed by atoms with Crippen molar-refractivity contribution in [2.45, 2.75) is 245 Å². The molecule has 0 aliphatic heterocycles. The quantitative estimate of drug-likeness (QED) is 0.0146. The lowest BCUT2D eigenvalue weighted by Gasteiger charge is -2.21. The molecular weight excluding hydrogens is 1240 g/mol. The predicted octanol–water partition coefficient (Wildman–Crippen LogP) is 19.9. The van der Waals surface area contributed by atoms with Crippen LogP contribution < -0.4 is 0 Å². The second-order valence-electron chi connectivity index (χ2n) is 22.6. The van der Waals surface area contributed by atoms with Gasteiger partial charge in [-0.15, -0.1) is 0 Å². The van der Waals surface area contributed by atoms with Crippen LogP contribution in [-0.4, -0.2) is 95.9 Å². The van der Waals surface area contributed by atoms with Gasteiger partial charge in [0.15, 0.2) is 6.10 Å². The van der Waals surface area contributed by atoms with Gasteiger partial charge in [0.2, 0.25) is 0 Å². The van der Waals surface area contributed by atoms with Gasteiger partial charge in [0.05, 0.1) is 26.4 Å². The van der Waals surface area contributed by atoms with Gasteiger partial charge in [-0.2, -0.15) is 0 Å². The molecule has 95 heavy (non-hydrogen) atoms. The van der Waals surface area contributed by atoms with Crippen molar-refractivity contribution in [1.29, 1.82) is 0 Å². The van der Waals surface area contributed by atoms with Crippen molar-refractivity contribution in [2.75, 3.05) is 39.6 Å². The van der Waals surface area contributed by atoms with E-state index >= 15 is 0 Å². The van der Waals surface area contributed by atoms with E-state index in [0.717, 1.165) is 141 Å². The lowest BCUT2D eigenvalue weighted by atomic mass is 10.1. The van der Waals surface area contributed by atoms with Crippen LogP contribution in [0.4, 0.5) is 0 Å². The van der Waals surface area contributed by atoms with Crippen LogP contribution in [-0.2, 0) is 55.8 Å². The minimum atomic E-state index is -4.96. The molecule has 0 fully saturated rings. The third-order valence-corrected chi connectivity index (χ3v) is 15.5. The summed E-state index contributed by atoms with van der Waals surface area (Å²) < 4.78 is 60.8. The Labute approximate surface area is 573 Å². The Kier molecular flexibility index (Phi) is 64.7. The van der Waals surface area contributed by atoms with Crippen molar-refractivity contribution in [3.05, 3.63) is 182 Å². The molecule has 0 saturated carbocycles. The summed E-state index contributed by atoms with van der Waals surface area (Å²) in [7, 11) is -9.84. The first-order valence-corrected chi connectivity index (χ1v) is 38.1. The van der Waals surface area contributed by atoms with Crippen molar-refractivity contribution in [2.24, 2.45) is 0 Å². The monoisotopic (exact) mass is 1360 g/mol. The summed E-state index contributed by atoms with van der Waals surface area (Å²) in [6.07, 6.45) is 86.6. The molecule has 0 radical (unpaired) electrons. The SMILES string of the molecule is CC/C=C\C/C=C\C/C=C\C/C=C\C/C=C\C/C=C\CCCCC(=O)OCC(O)COP(=O)(O)OCC(O)COP(=O)(O)OCC(COC(=O)CCCCCCC/C=C\C/C=C\C/C=C\C/C=C\CCCCC)OC(=O)CCC/C=C\C/C=C\C/C=C\C/C=C\C/C=C\CC. The highest BCUT2D eigenvalue weighted by molar-refractivity contribution is 7.47. The third kappa shape index (κ3) is 69.8. The van der Waals surface area contributed by atoms with Gasteiger partial charge in [-0.05, 0) is 154 Å². The number of rotatable bonds is 64. The van der Waals surface area contributed by atoms with Crippen LogP contribution in [0, 0.1) is 0 Å². The summed E-state index contributed by atoms with van der Waals surface area (Å²) >= 11 is 0. The number of carbonyl (C=O) groups excluding carboxylic acids is 3.